The Labute approximate surface area is 166 Å². The maximum atomic E-state index is 6.18. The Balaban J connectivity index is 1.13. The molecule has 0 aromatic heterocycles. The van der Waals surface area contributed by atoms with E-state index in [0.29, 0.717) is 0 Å². The third-order valence-corrected chi connectivity index (χ3v) is 6.40. The predicted molar refractivity (Wildman–Crippen MR) is 111 cm³/mol. The van der Waals surface area contributed by atoms with Crippen molar-refractivity contribution in [3.05, 3.63) is 53.6 Å². The molecule has 2 aromatic rings. The van der Waals surface area contributed by atoms with Crippen LogP contribution in [0, 0.1) is 0 Å². The van der Waals surface area contributed by atoms with Crippen molar-refractivity contribution in [2.24, 2.45) is 0 Å². The van der Waals surface area contributed by atoms with Crippen LogP contribution in [0.5, 0.6) is 11.5 Å². The molecule has 1 unspecified atom stereocenters. The summed E-state index contributed by atoms with van der Waals surface area (Å²) in [6.45, 7) is 4.17. The lowest BCUT2D eigenvalue weighted by Crippen LogP contribution is -2.34. The molecule has 5 heteroatoms. The van der Waals surface area contributed by atoms with Crippen LogP contribution >= 0.6 is 11.9 Å². The van der Waals surface area contributed by atoms with E-state index in [9.17, 15) is 0 Å². The summed E-state index contributed by atoms with van der Waals surface area (Å²) in [5, 5.41) is 3.57. The zero-order chi connectivity index (χ0) is 18.5. The van der Waals surface area contributed by atoms with Gasteiger partial charge in [-0.15, -0.1) is 0 Å². The summed E-state index contributed by atoms with van der Waals surface area (Å²) in [6, 6.07) is 14.9. The SMILES string of the molecule is COc1cccc2c1OC(CNCCCCN1Cc3ccccc3S1)CC2. The maximum absolute atomic E-state index is 6.18. The van der Waals surface area contributed by atoms with Gasteiger partial charge in [0.25, 0.3) is 0 Å². The molecule has 0 saturated heterocycles. The number of fused-ring (bicyclic) bond motifs is 2. The summed E-state index contributed by atoms with van der Waals surface area (Å²) in [4.78, 5) is 1.42. The zero-order valence-electron chi connectivity index (χ0n) is 15.9. The van der Waals surface area contributed by atoms with Gasteiger partial charge in [-0.3, -0.25) is 0 Å². The highest BCUT2D eigenvalue weighted by atomic mass is 32.2. The molecule has 144 valence electrons. The van der Waals surface area contributed by atoms with Gasteiger partial charge in [0.05, 0.1) is 7.11 Å². The van der Waals surface area contributed by atoms with Gasteiger partial charge >= 0.3 is 0 Å². The third-order valence-electron chi connectivity index (χ3n) is 5.23. The van der Waals surface area contributed by atoms with E-state index >= 15 is 0 Å². The molecule has 2 aromatic carbocycles. The first-order valence-electron chi connectivity index (χ1n) is 9.87. The lowest BCUT2D eigenvalue weighted by molar-refractivity contribution is 0.163. The van der Waals surface area contributed by atoms with Gasteiger partial charge in [0.2, 0.25) is 0 Å². The van der Waals surface area contributed by atoms with Gasteiger partial charge in [-0.1, -0.05) is 30.3 Å². The minimum absolute atomic E-state index is 0.234. The zero-order valence-corrected chi connectivity index (χ0v) is 16.8. The highest BCUT2D eigenvalue weighted by Crippen LogP contribution is 2.36. The van der Waals surface area contributed by atoms with E-state index in [1.807, 2.05) is 24.1 Å². The second-order valence-electron chi connectivity index (χ2n) is 7.20. The van der Waals surface area contributed by atoms with Crippen LogP contribution in [0.15, 0.2) is 47.4 Å². The Kier molecular flexibility index (Phi) is 6.22. The molecule has 0 amide bonds. The number of hydrogen-bond donors (Lipinski definition) is 1. The normalized spacial score (nSPS) is 18.6. The van der Waals surface area contributed by atoms with Crippen LogP contribution in [0.1, 0.15) is 30.4 Å². The van der Waals surface area contributed by atoms with Gasteiger partial charge in [0, 0.05) is 24.5 Å². The average molecular weight is 385 g/mol. The second kappa shape index (κ2) is 9.00. The van der Waals surface area contributed by atoms with E-state index in [-0.39, 0.29) is 6.10 Å². The Bertz CT molecular complexity index is 728. The van der Waals surface area contributed by atoms with Crippen molar-refractivity contribution in [1.29, 1.82) is 0 Å². The number of ether oxygens (including phenoxy) is 2. The molecule has 0 spiro atoms. The number of unbranched alkanes of at least 4 members (excludes halogenated alkanes) is 1. The quantitative estimate of drug-likeness (QED) is 0.543. The van der Waals surface area contributed by atoms with Crippen LogP contribution in [0.3, 0.4) is 0 Å². The third kappa shape index (κ3) is 4.60. The molecule has 0 fully saturated rings. The van der Waals surface area contributed by atoms with Crippen LogP contribution in [0.25, 0.3) is 0 Å². The minimum Gasteiger partial charge on any atom is -0.493 e. The van der Waals surface area contributed by atoms with Gasteiger partial charge in [0.15, 0.2) is 11.5 Å². The van der Waals surface area contributed by atoms with E-state index in [0.717, 1.165) is 50.5 Å². The molecule has 0 radical (unpaired) electrons. The molecule has 4 rings (SSSR count). The predicted octanol–water partition coefficient (Wildman–Crippen LogP) is 4.28. The van der Waals surface area contributed by atoms with Crippen molar-refractivity contribution in [1.82, 2.24) is 9.62 Å². The molecule has 1 N–H and O–H groups in total. The molecule has 0 bridgehead atoms. The highest BCUT2D eigenvalue weighted by Gasteiger charge is 2.22. The smallest absolute Gasteiger partial charge is 0.164 e. The van der Waals surface area contributed by atoms with Crippen LogP contribution < -0.4 is 14.8 Å². The number of nitrogens with one attached hydrogen (secondary N) is 1. The number of aryl methyl sites for hydroxylation is 1. The van der Waals surface area contributed by atoms with Gasteiger partial charge in [0.1, 0.15) is 6.10 Å². The molecular formula is C22H28N2O2S. The van der Waals surface area contributed by atoms with Crippen LogP contribution in [-0.2, 0) is 13.0 Å². The van der Waals surface area contributed by atoms with Crippen LogP contribution in [0.4, 0.5) is 0 Å². The molecule has 27 heavy (non-hydrogen) atoms. The number of benzene rings is 2. The molecule has 0 aliphatic carbocycles. The number of rotatable bonds is 8. The van der Waals surface area contributed by atoms with Crippen molar-refractivity contribution in [2.45, 2.75) is 43.2 Å². The van der Waals surface area contributed by atoms with E-state index in [1.165, 1.54) is 28.9 Å². The second-order valence-corrected chi connectivity index (χ2v) is 8.34. The first-order valence-corrected chi connectivity index (χ1v) is 10.6. The fourth-order valence-electron chi connectivity index (χ4n) is 3.75. The monoisotopic (exact) mass is 384 g/mol. The van der Waals surface area contributed by atoms with E-state index in [1.54, 1.807) is 7.11 Å². The molecule has 2 aliphatic heterocycles. The summed E-state index contributed by atoms with van der Waals surface area (Å²) in [5.41, 5.74) is 2.72. The first kappa shape index (κ1) is 18.7. The number of hydrogen-bond acceptors (Lipinski definition) is 5. The lowest BCUT2D eigenvalue weighted by atomic mass is 10.0. The topological polar surface area (TPSA) is 33.7 Å². The van der Waals surface area contributed by atoms with E-state index < -0.39 is 0 Å². The Hall–Kier alpha value is -1.69. The molecule has 4 nitrogen and oxygen atoms in total. The molecule has 0 saturated carbocycles. The van der Waals surface area contributed by atoms with Crippen molar-refractivity contribution in [3.8, 4) is 11.5 Å². The number of methoxy groups -OCH3 is 1. The fraction of sp³-hybridized carbons (Fsp3) is 0.455. The fourth-order valence-corrected chi connectivity index (χ4v) is 4.84. The number of nitrogens with zero attached hydrogens (tertiary/aromatic N) is 1. The van der Waals surface area contributed by atoms with Crippen molar-refractivity contribution >= 4 is 11.9 Å². The van der Waals surface area contributed by atoms with Crippen LogP contribution in [0.2, 0.25) is 0 Å². The maximum Gasteiger partial charge on any atom is 0.164 e. The highest BCUT2D eigenvalue weighted by molar-refractivity contribution is 7.97. The van der Waals surface area contributed by atoms with Gasteiger partial charge < -0.3 is 14.8 Å². The standard InChI is InChI=1S/C22H28N2O2S/c1-25-20-9-6-8-17-11-12-19(26-22(17)20)15-23-13-4-5-14-24-16-18-7-2-3-10-21(18)27-24/h2-3,6-10,19,23H,4-5,11-16H2,1H3. The molecule has 1 atom stereocenters. The summed E-state index contributed by atoms with van der Waals surface area (Å²) >= 11 is 1.90. The van der Waals surface area contributed by atoms with Gasteiger partial charge in [-0.2, -0.15) is 0 Å². The van der Waals surface area contributed by atoms with Crippen molar-refractivity contribution in [3.63, 3.8) is 0 Å². The first-order chi connectivity index (χ1) is 13.3. The Morgan fingerprint density at radius 3 is 2.93 bits per heavy atom. The van der Waals surface area contributed by atoms with E-state index in [2.05, 4.69) is 40.0 Å². The van der Waals surface area contributed by atoms with Crippen molar-refractivity contribution < 1.29 is 9.47 Å². The largest absolute Gasteiger partial charge is 0.493 e. The van der Waals surface area contributed by atoms with Gasteiger partial charge in [-0.05, 0) is 67.4 Å². The summed E-state index contributed by atoms with van der Waals surface area (Å²) in [5.74, 6) is 1.78. The summed E-state index contributed by atoms with van der Waals surface area (Å²) < 4.78 is 14.1. The van der Waals surface area contributed by atoms with Crippen LogP contribution in [-0.4, -0.2) is 37.2 Å². The molecule has 2 heterocycles. The number of para-hydroxylation sites is 1. The lowest BCUT2D eigenvalue weighted by Gasteiger charge is -2.27. The Morgan fingerprint density at radius 2 is 2.04 bits per heavy atom. The average Bonchev–Trinajstić information content (AvgIpc) is 3.13. The Morgan fingerprint density at radius 1 is 1.15 bits per heavy atom. The summed E-state index contributed by atoms with van der Waals surface area (Å²) in [6.07, 6.45) is 4.77. The van der Waals surface area contributed by atoms with Gasteiger partial charge in [-0.25, -0.2) is 4.31 Å². The minimum atomic E-state index is 0.234. The molecule has 2 aliphatic rings. The van der Waals surface area contributed by atoms with E-state index in [4.69, 9.17) is 9.47 Å². The van der Waals surface area contributed by atoms with Crippen molar-refractivity contribution in [2.75, 3.05) is 26.7 Å². The summed E-state index contributed by atoms with van der Waals surface area (Å²) in [7, 11) is 1.71. The molecular weight excluding hydrogens is 356 g/mol.